The van der Waals surface area contributed by atoms with Crippen LogP contribution in [0.3, 0.4) is 0 Å². The Morgan fingerprint density at radius 1 is 1.15 bits per heavy atom. The van der Waals surface area contributed by atoms with Crippen LogP contribution in [0.1, 0.15) is 44.9 Å². The van der Waals surface area contributed by atoms with Crippen LogP contribution in [0, 0.1) is 6.92 Å². The zero-order valence-corrected chi connectivity index (χ0v) is 14.7. The largest absolute Gasteiger partial charge is 0.478 e. The van der Waals surface area contributed by atoms with Crippen molar-refractivity contribution in [2.75, 3.05) is 19.8 Å². The first kappa shape index (κ1) is 18.1. The lowest BCUT2D eigenvalue weighted by Crippen LogP contribution is -2.44. The van der Waals surface area contributed by atoms with Gasteiger partial charge in [0.1, 0.15) is 5.69 Å². The van der Waals surface area contributed by atoms with Crippen molar-refractivity contribution in [3.05, 3.63) is 65.0 Å². The van der Waals surface area contributed by atoms with Crippen molar-refractivity contribution < 1.29 is 19.4 Å². The van der Waals surface area contributed by atoms with Gasteiger partial charge in [0.2, 0.25) is 0 Å². The van der Waals surface area contributed by atoms with Crippen molar-refractivity contribution in [1.82, 2.24) is 10.3 Å². The molecule has 1 aliphatic heterocycles. The third-order valence-corrected chi connectivity index (χ3v) is 4.97. The zero-order valence-electron chi connectivity index (χ0n) is 14.7. The third-order valence-electron chi connectivity index (χ3n) is 4.97. The Bertz CT molecular complexity index is 799. The maximum Gasteiger partial charge on any atom is 0.337 e. The van der Waals surface area contributed by atoms with Crippen molar-refractivity contribution >= 4 is 11.9 Å². The summed E-state index contributed by atoms with van der Waals surface area (Å²) in [6, 6.07) is 13.0. The molecule has 0 saturated carbocycles. The van der Waals surface area contributed by atoms with Crippen LogP contribution in [0.5, 0.6) is 0 Å². The van der Waals surface area contributed by atoms with Gasteiger partial charge in [0.25, 0.3) is 5.91 Å². The van der Waals surface area contributed by atoms with Crippen molar-refractivity contribution in [3.8, 4) is 0 Å². The van der Waals surface area contributed by atoms with E-state index < -0.39 is 5.97 Å². The van der Waals surface area contributed by atoms with E-state index in [0.29, 0.717) is 25.5 Å². The number of nitrogens with zero attached hydrogens (tertiary/aromatic N) is 1. The van der Waals surface area contributed by atoms with Gasteiger partial charge in [-0.15, -0.1) is 0 Å². The normalized spacial score (nSPS) is 16.0. The van der Waals surface area contributed by atoms with Gasteiger partial charge in [-0.25, -0.2) is 9.78 Å². The summed E-state index contributed by atoms with van der Waals surface area (Å²) in [7, 11) is 0. The molecule has 3 rings (SSSR count). The highest BCUT2D eigenvalue weighted by atomic mass is 16.5. The van der Waals surface area contributed by atoms with E-state index in [4.69, 9.17) is 9.84 Å². The number of carbonyl (C=O) groups excluding carboxylic acids is 1. The van der Waals surface area contributed by atoms with E-state index >= 15 is 0 Å². The summed E-state index contributed by atoms with van der Waals surface area (Å²) in [6.45, 7) is 3.40. The number of aromatic nitrogens is 1. The van der Waals surface area contributed by atoms with Crippen molar-refractivity contribution in [2.24, 2.45) is 0 Å². The maximum atomic E-state index is 12.5. The summed E-state index contributed by atoms with van der Waals surface area (Å²) in [6.07, 6.45) is 1.67. The number of carbonyl (C=O) groups is 2. The summed E-state index contributed by atoms with van der Waals surface area (Å²) < 4.78 is 5.51. The van der Waals surface area contributed by atoms with Crippen LogP contribution in [-0.2, 0) is 10.2 Å². The minimum absolute atomic E-state index is 0.103. The molecule has 0 spiro atoms. The fraction of sp³-hybridized carbons (Fsp3) is 0.350. The molecule has 0 bridgehead atoms. The first-order valence-corrected chi connectivity index (χ1v) is 8.64. The predicted octanol–water partition coefficient (Wildman–Crippen LogP) is 2.57. The molecule has 1 fully saturated rings. The minimum Gasteiger partial charge on any atom is -0.478 e. The molecule has 1 amide bonds. The van der Waals surface area contributed by atoms with Crippen molar-refractivity contribution in [2.45, 2.75) is 25.2 Å². The Balaban J connectivity index is 1.76. The second-order valence-corrected chi connectivity index (χ2v) is 6.58. The number of aryl methyl sites for hydroxylation is 1. The summed E-state index contributed by atoms with van der Waals surface area (Å²) in [4.78, 5) is 27.8. The fourth-order valence-corrected chi connectivity index (χ4v) is 3.37. The molecule has 2 aromatic rings. The zero-order chi connectivity index (χ0) is 18.6. The molecule has 136 valence electrons. The van der Waals surface area contributed by atoms with Crippen LogP contribution in [0.15, 0.2) is 42.5 Å². The molecule has 1 aromatic heterocycles. The number of pyridine rings is 1. The van der Waals surface area contributed by atoms with E-state index in [1.54, 1.807) is 6.92 Å². The van der Waals surface area contributed by atoms with Crippen molar-refractivity contribution in [1.29, 1.82) is 0 Å². The molecule has 0 radical (unpaired) electrons. The number of hydrogen-bond donors (Lipinski definition) is 2. The van der Waals surface area contributed by atoms with Gasteiger partial charge in [-0.3, -0.25) is 4.79 Å². The SMILES string of the molecule is Cc1nc(C(=O)NCC2(c3ccccc3)CCOCC2)ccc1C(=O)O. The Morgan fingerprint density at radius 2 is 1.85 bits per heavy atom. The van der Waals surface area contributed by atoms with Crippen molar-refractivity contribution in [3.63, 3.8) is 0 Å². The highest BCUT2D eigenvalue weighted by Crippen LogP contribution is 2.34. The monoisotopic (exact) mass is 354 g/mol. The standard InChI is InChI=1S/C20H22N2O4/c1-14-16(19(24)25)7-8-17(22-14)18(23)21-13-20(9-11-26-12-10-20)15-5-3-2-4-6-15/h2-8H,9-13H2,1H3,(H,21,23)(H,24,25). The van der Waals surface area contributed by atoms with Gasteiger partial charge < -0.3 is 15.2 Å². The molecule has 0 unspecified atom stereocenters. The summed E-state index contributed by atoms with van der Waals surface area (Å²) in [5.74, 6) is -1.35. The number of benzene rings is 1. The number of aromatic carboxylic acids is 1. The Labute approximate surface area is 152 Å². The van der Waals surface area contributed by atoms with Crippen LogP contribution >= 0.6 is 0 Å². The first-order valence-electron chi connectivity index (χ1n) is 8.64. The Hall–Kier alpha value is -2.73. The van der Waals surface area contributed by atoms with Gasteiger partial charge in [0.05, 0.1) is 11.3 Å². The van der Waals surface area contributed by atoms with E-state index in [9.17, 15) is 9.59 Å². The van der Waals surface area contributed by atoms with E-state index in [1.165, 1.54) is 17.7 Å². The molecule has 0 atom stereocenters. The van der Waals surface area contributed by atoms with E-state index in [2.05, 4.69) is 22.4 Å². The predicted molar refractivity (Wildman–Crippen MR) is 96.4 cm³/mol. The molecule has 0 aliphatic carbocycles. The lowest BCUT2D eigenvalue weighted by Gasteiger charge is -2.38. The first-order chi connectivity index (χ1) is 12.5. The van der Waals surface area contributed by atoms with Gasteiger partial charge in [0.15, 0.2) is 0 Å². The van der Waals surface area contributed by atoms with Gasteiger partial charge in [-0.05, 0) is 37.5 Å². The second kappa shape index (κ2) is 7.66. The number of carboxylic acid groups (broad SMARTS) is 1. The lowest BCUT2D eigenvalue weighted by molar-refractivity contribution is 0.0486. The van der Waals surface area contributed by atoms with E-state index in [0.717, 1.165) is 12.8 Å². The Morgan fingerprint density at radius 3 is 2.46 bits per heavy atom. The second-order valence-electron chi connectivity index (χ2n) is 6.58. The molecule has 26 heavy (non-hydrogen) atoms. The molecule has 6 heteroatoms. The highest BCUT2D eigenvalue weighted by molar-refractivity contribution is 5.94. The molecule has 2 N–H and O–H groups in total. The molecular weight excluding hydrogens is 332 g/mol. The minimum atomic E-state index is -1.05. The topological polar surface area (TPSA) is 88.5 Å². The number of hydrogen-bond acceptors (Lipinski definition) is 4. The van der Waals surface area contributed by atoms with E-state index in [-0.39, 0.29) is 22.6 Å². The van der Waals surface area contributed by atoms with Gasteiger partial charge in [-0.1, -0.05) is 30.3 Å². The summed E-state index contributed by atoms with van der Waals surface area (Å²) in [5.41, 5.74) is 1.68. The number of carboxylic acids is 1. The van der Waals surface area contributed by atoms with Crippen LogP contribution in [0.25, 0.3) is 0 Å². The summed E-state index contributed by atoms with van der Waals surface area (Å²) >= 11 is 0. The average Bonchev–Trinajstić information content (AvgIpc) is 2.67. The highest BCUT2D eigenvalue weighted by Gasteiger charge is 2.34. The third kappa shape index (κ3) is 3.75. The molecular formula is C20H22N2O4. The molecule has 1 aromatic carbocycles. The number of nitrogens with one attached hydrogen (secondary N) is 1. The van der Waals surface area contributed by atoms with Crippen LogP contribution in [0.4, 0.5) is 0 Å². The van der Waals surface area contributed by atoms with Crippen LogP contribution < -0.4 is 5.32 Å². The van der Waals surface area contributed by atoms with Gasteiger partial charge >= 0.3 is 5.97 Å². The maximum absolute atomic E-state index is 12.5. The van der Waals surface area contributed by atoms with Crippen LogP contribution in [0.2, 0.25) is 0 Å². The van der Waals surface area contributed by atoms with E-state index in [1.807, 2.05) is 18.2 Å². The van der Waals surface area contributed by atoms with Gasteiger partial charge in [-0.2, -0.15) is 0 Å². The molecule has 1 saturated heterocycles. The summed E-state index contributed by atoms with van der Waals surface area (Å²) in [5, 5.41) is 12.1. The quantitative estimate of drug-likeness (QED) is 0.861. The molecule has 1 aliphatic rings. The average molecular weight is 354 g/mol. The smallest absolute Gasteiger partial charge is 0.337 e. The van der Waals surface area contributed by atoms with Crippen LogP contribution in [-0.4, -0.2) is 41.7 Å². The van der Waals surface area contributed by atoms with Gasteiger partial charge in [0, 0.05) is 25.2 Å². The number of ether oxygens (including phenoxy) is 1. The molecule has 6 nitrogen and oxygen atoms in total. The Kier molecular flexibility index (Phi) is 5.32. The fourth-order valence-electron chi connectivity index (χ4n) is 3.37. The number of amides is 1. The number of rotatable bonds is 5. The lowest BCUT2D eigenvalue weighted by atomic mass is 9.74. The molecule has 2 heterocycles.